The number of hydrogen-bond donors (Lipinski definition) is 1. The Kier molecular flexibility index (Phi) is 5.81. The maximum atomic E-state index is 4.50. The average Bonchev–Trinajstić information content (AvgIpc) is 2.92. The van der Waals surface area contributed by atoms with Crippen molar-refractivity contribution in [1.29, 1.82) is 0 Å². The fourth-order valence-electron chi connectivity index (χ4n) is 2.60. The zero-order valence-corrected chi connectivity index (χ0v) is 12.5. The molecule has 1 unspecified atom stereocenters. The Hall–Kier alpha value is -1.61. The van der Waals surface area contributed by atoms with Crippen LogP contribution in [-0.4, -0.2) is 16.1 Å². The summed E-state index contributed by atoms with van der Waals surface area (Å²) in [7, 11) is 0. The molecule has 2 rings (SSSR count). The molecule has 20 heavy (non-hydrogen) atoms. The molecule has 1 N–H and O–H groups in total. The summed E-state index contributed by atoms with van der Waals surface area (Å²) in [5.74, 6) is 1.20. The molecule has 1 aromatic carbocycles. The first-order chi connectivity index (χ1) is 9.85. The predicted molar refractivity (Wildman–Crippen MR) is 83.7 cm³/mol. The van der Waals surface area contributed by atoms with E-state index < -0.39 is 0 Å². The van der Waals surface area contributed by atoms with E-state index in [0.717, 1.165) is 32.4 Å². The smallest absolute Gasteiger partial charge is 0.108 e. The third-order valence-electron chi connectivity index (χ3n) is 3.58. The van der Waals surface area contributed by atoms with Crippen LogP contribution in [0.3, 0.4) is 0 Å². The van der Waals surface area contributed by atoms with E-state index >= 15 is 0 Å². The van der Waals surface area contributed by atoms with Crippen molar-refractivity contribution >= 4 is 0 Å². The van der Waals surface area contributed by atoms with Crippen LogP contribution in [0.5, 0.6) is 0 Å². The van der Waals surface area contributed by atoms with Crippen molar-refractivity contribution in [2.75, 3.05) is 6.54 Å². The van der Waals surface area contributed by atoms with Crippen LogP contribution in [0, 0.1) is 0 Å². The number of hydrogen-bond acceptors (Lipinski definition) is 2. The van der Waals surface area contributed by atoms with Gasteiger partial charge in [-0.05, 0) is 24.9 Å². The topological polar surface area (TPSA) is 29.9 Å². The minimum Gasteiger partial charge on any atom is -0.335 e. The Balaban J connectivity index is 2.00. The average molecular weight is 271 g/mol. The van der Waals surface area contributed by atoms with E-state index in [2.05, 4.69) is 65.2 Å². The Morgan fingerprint density at radius 3 is 2.70 bits per heavy atom. The summed E-state index contributed by atoms with van der Waals surface area (Å²) in [4.78, 5) is 4.50. The third kappa shape index (κ3) is 3.94. The van der Waals surface area contributed by atoms with Crippen LogP contribution in [0.4, 0.5) is 0 Å². The number of nitrogens with zero attached hydrogens (tertiary/aromatic N) is 2. The van der Waals surface area contributed by atoms with Gasteiger partial charge in [-0.15, -0.1) is 0 Å². The second kappa shape index (κ2) is 7.85. The molecular weight excluding hydrogens is 246 g/mol. The van der Waals surface area contributed by atoms with E-state index in [-0.39, 0.29) is 0 Å². The maximum absolute atomic E-state index is 4.50. The minimum atomic E-state index is 0.410. The van der Waals surface area contributed by atoms with Gasteiger partial charge in [-0.2, -0.15) is 0 Å². The molecule has 108 valence electrons. The van der Waals surface area contributed by atoms with Crippen molar-refractivity contribution < 1.29 is 0 Å². The Bertz CT molecular complexity index is 490. The number of imidazole rings is 1. The minimum absolute atomic E-state index is 0.410. The van der Waals surface area contributed by atoms with Crippen LogP contribution in [0.15, 0.2) is 42.7 Å². The monoisotopic (exact) mass is 271 g/mol. The number of nitrogens with one attached hydrogen (secondary N) is 1. The van der Waals surface area contributed by atoms with Crippen LogP contribution < -0.4 is 5.32 Å². The molecule has 0 amide bonds. The van der Waals surface area contributed by atoms with Gasteiger partial charge >= 0.3 is 0 Å². The molecule has 0 aliphatic rings. The highest BCUT2D eigenvalue weighted by Crippen LogP contribution is 2.18. The molecule has 1 heterocycles. The van der Waals surface area contributed by atoms with Crippen LogP contribution >= 0.6 is 0 Å². The molecule has 2 aromatic rings. The second-order valence-electron chi connectivity index (χ2n) is 5.10. The molecule has 0 bridgehead atoms. The van der Waals surface area contributed by atoms with Crippen molar-refractivity contribution in [3.8, 4) is 0 Å². The van der Waals surface area contributed by atoms with E-state index in [1.165, 1.54) is 11.4 Å². The second-order valence-corrected chi connectivity index (χ2v) is 5.10. The number of benzene rings is 1. The normalized spacial score (nSPS) is 12.5. The first-order valence-electron chi connectivity index (χ1n) is 7.63. The Labute approximate surface area is 122 Å². The highest BCUT2D eigenvalue weighted by atomic mass is 15.1. The number of aryl methyl sites for hydroxylation is 2. The van der Waals surface area contributed by atoms with Crippen molar-refractivity contribution in [2.24, 2.45) is 0 Å². The molecule has 0 spiro atoms. The first-order valence-corrected chi connectivity index (χ1v) is 7.63. The zero-order chi connectivity index (χ0) is 14.2. The SMILES string of the molecule is CCCn1ccnc1CCC(NCC)c1ccccc1. The molecular formula is C17H25N3. The lowest BCUT2D eigenvalue weighted by molar-refractivity contribution is 0.500. The van der Waals surface area contributed by atoms with Gasteiger partial charge in [-0.25, -0.2) is 4.98 Å². The lowest BCUT2D eigenvalue weighted by atomic mass is 10.0. The summed E-state index contributed by atoms with van der Waals surface area (Å²) in [5.41, 5.74) is 1.36. The van der Waals surface area contributed by atoms with Crippen LogP contribution in [0.2, 0.25) is 0 Å². The number of rotatable bonds is 8. The molecule has 3 heteroatoms. The van der Waals surface area contributed by atoms with Crippen LogP contribution in [-0.2, 0) is 13.0 Å². The molecule has 1 aromatic heterocycles. The summed E-state index contributed by atoms with van der Waals surface area (Å²) in [6, 6.07) is 11.1. The van der Waals surface area contributed by atoms with Gasteiger partial charge in [0.05, 0.1) is 0 Å². The summed E-state index contributed by atoms with van der Waals surface area (Å²) in [5, 5.41) is 3.58. The molecule has 1 atom stereocenters. The highest BCUT2D eigenvalue weighted by Gasteiger charge is 2.11. The Morgan fingerprint density at radius 1 is 1.20 bits per heavy atom. The van der Waals surface area contributed by atoms with Gasteiger partial charge < -0.3 is 9.88 Å². The quantitative estimate of drug-likeness (QED) is 0.795. The number of aromatic nitrogens is 2. The van der Waals surface area contributed by atoms with Gasteiger partial charge in [-0.1, -0.05) is 44.2 Å². The summed E-state index contributed by atoms with van der Waals surface area (Å²) in [6.45, 7) is 6.42. The van der Waals surface area contributed by atoms with Gasteiger partial charge in [0.2, 0.25) is 0 Å². The molecule has 0 saturated carbocycles. The Morgan fingerprint density at radius 2 is 2.00 bits per heavy atom. The lowest BCUT2D eigenvalue weighted by Gasteiger charge is -2.18. The van der Waals surface area contributed by atoms with Gasteiger partial charge in [0, 0.05) is 31.4 Å². The van der Waals surface area contributed by atoms with E-state index in [0.29, 0.717) is 6.04 Å². The van der Waals surface area contributed by atoms with E-state index in [1.54, 1.807) is 0 Å². The highest BCUT2D eigenvalue weighted by molar-refractivity contribution is 5.19. The van der Waals surface area contributed by atoms with E-state index in [4.69, 9.17) is 0 Å². The lowest BCUT2D eigenvalue weighted by Crippen LogP contribution is -2.22. The molecule has 0 aliphatic carbocycles. The van der Waals surface area contributed by atoms with E-state index in [1.807, 2.05) is 6.20 Å². The zero-order valence-electron chi connectivity index (χ0n) is 12.5. The van der Waals surface area contributed by atoms with Crippen molar-refractivity contribution in [3.05, 3.63) is 54.1 Å². The molecule has 0 fully saturated rings. The fourth-order valence-corrected chi connectivity index (χ4v) is 2.60. The predicted octanol–water partition coefficient (Wildman–Crippen LogP) is 3.58. The van der Waals surface area contributed by atoms with Gasteiger partial charge in [0.1, 0.15) is 5.82 Å². The van der Waals surface area contributed by atoms with E-state index in [9.17, 15) is 0 Å². The van der Waals surface area contributed by atoms with Crippen LogP contribution in [0.25, 0.3) is 0 Å². The molecule has 0 radical (unpaired) electrons. The van der Waals surface area contributed by atoms with Crippen LogP contribution in [0.1, 0.15) is 44.1 Å². The molecule has 0 aliphatic heterocycles. The largest absolute Gasteiger partial charge is 0.335 e. The third-order valence-corrected chi connectivity index (χ3v) is 3.58. The molecule has 3 nitrogen and oxygen atoms in total. The van der Waals surface area contributed by atoms with Gasteiger partial charge in [-0.3, -0.25) is 0 Å². The summed E-state index contributed by atoms with van der Waals surface area (Å²) in [6.07, 6.45) is 7.25. The van der Waals surface area contributed by atoms with Gasteiger partial charge in [0.25, 0.3) is 0 Å². The standard InChI is InChI=1S/C17H25N3/c1-3-13-20-14-12-19-17(20)11-10-16(18-4-2)15-8-6-5-7-9-15/h5-9,12,14,16,18H,3-4,10-11,13H2,1-2H3. The summed E-state index contributed by atoms with van der Waals surface area (Å²) < 4.78 is 2.27. The first kappa shape index (κ1) is 14.8. The maximum Gasteiger partial charge on any atom is 0.108 e. The van der Waals surface area contributed by atoms with Gasteiger partial charge in [0.15, 0.2) is 0 Å². The fraction of sp³-hybridized carbons (Fsp3) is 0.471. The summed E-state index contributed by atoms with van der Waals surface area (Å²) >= 11 is 0. The van der Waals surface area contributed by atoms with Crippen molar-refractivity contribution in [1.82, 2.24) is 14.9 Å². The van der Waals surface area contributed by atoms with Crippen molar-refractivity contribution in [3.63, 3.8) is 0 Å². The molecule has 0 saturated heterocycles. The van der Waals surface area contributed by atoms with Crippen molar-refractivity contribution in [2.45, 2.75) is 45.7 Å².